The molecule has 0 aliphatic carbocycles. The molecule has 2 nitrogen and oxygen atoms in total. The van der Waals surface area contributed by atoms with Gasteiger partial charge in [0.15, 0.2) is 0 Å². The molecule has 0 unspecified atom stereocenters. The monoisotopic (exact) mass is 327 g/mol. The van der Waals surface area contributed by atoms with Crippen molar-refractivity contribution in [1.29, 1.82) is 0 Å². The summed E-state index contributed by atoms with van der Waals surface area (Å²) >= 11 is 8.12. The summed E-state index contributed by atoms with van der Waals surface area (Å²) < 4.78 is 5.15. The van der Waals surface area contributed by atoms with E-state index in [1.807, 2.05) is 17.8 Å². The fourth-order valence-electron chi connectivity index (χ4n) is 3.22. The molecule has 1 aromatic rings. The molecule has 0 spiro atoms. The van der Waals surface area contributed by atoms with Crippen LogP contribution >= 0.6 is 23.4 Å². The van der Waals surface area contributed by atoms with E-state index < -0.39 is 0 Å². The molecule has 0 amide bonds. The molecule has 118 valence electrons. The van der Waals surface area contributed by atoms with Crippen molar-refractivity contribution in [3.8, 4) is 0 Å². The first-order valence-electron chi connectivity index (χ1n) is 7.63. The van der Waals surface area contributed by atoms with Crippen molar-refractivity contribution in [2.75, 3.05) is 45.4 Å². The number of ether oxygens (including phenoxy) is 1. The van der Waals surface area contributed by atoms with Crippen LogP contribution in [0, 0.1) is 12.8 Å². The molecule has 0 N–H and O–H groups in total. The quantitative estimate of drug-likeness (QED) is 0.731. The average molecular weight is 328 g/mol. The maximum absolute atomic E-state index is 6.11. The first-order valence-corrected chi connectivity index (χ1v) is 9.16. The van der Waals surface area contributed by atoms with Gasteiger partial charge in [-0.25, -0.2) is 0 Å². The molecule has 0 aromatic heterocycles. The van der Waals surface area contributed by atoms with E-state index in [2.05, 4.69) is 31.0 Å². The third kappa shape index (κ3) is 4.88. The van der Waals surface area contributed by atoms with Crippen LogP contribution in [0.25, 0.3) is 0 Å². The Hall–Kier alpha value is -0.220. The SMILES string of the molecule is COCCSC[C@H]1CN(C)CC[C@@H]1c1ccc(Cl)cc1C. The number of hydrogen-bond acceptors (Lipinski definition) is 3. The number of piperidine rings is 1. The van der Waals surface area contributed by atoms with Gasteiger partial charge in [0.1, 0.15) is 0 Å². The lowest BCUT2D eigenvalue weighted by Crippen LogP contribution is -2.38. The zero-order valence-electron chi connectivity index (χ0n) is 13.3. The van der Waals surface area contributed by atoms with Crippen LogP contribution in [-0.4, -0.2) is 50.3 Å². The predicted molar refractivity (Wildman–Crippen MR) is 93.7 cm³/mol. The molecule has 21 heavy (non-hydrogen) atoms. The summed E-state index contributed by atoms with van der Waals surface area (Å²) in [7, 11) is 4.01. The van der Waals surface area contributed by atoms with Crippen LogP contribution in [0.1, 0.15) is 23.5 Å². The second-order valence-electron chi connectivity index (χ2n) is 5.99. The molecule has 0 saturated carbocycles. The maximum Gasteiger partial charge on any atom is 0.0552 e. The van der Waals surface area contributed by atoms with Crippen LogP contribution in [0.2, 0.25) is 5.02 Å². The molecule has 1 heterocycles. The third-order valence-electron chi connectivity index (χ3n) is 4.33. The summed E-state index contributed by atoms with van der Waals surface area (Å²) in [4.78, 5) is 2.46. The number of aryl methyl sites for hydroxylation is 1. The van der Waals surface area contributed by atoms with E-state index in [-0.39, 0.29) is 0 Å². The van der Waals surface area contributed by atoms with Gasteiger partial charge in [-0.15, -0.1) is 0 Å². The van der Waals surface area contributed by atoms with Crippen molar-refractivity contribution in [3.05, 3.63) is 34.3 Å². The smallest absolute Gasteiger partial charge is 0.0552 e. The topological polar surface area (TPSA) is 12.5 Å². The van der Waals surface area contributed by atoms with Crippen molar-refractivity contribution >= 4 is 23.4 Å². The Morgan fingerprint density at radius 3 is 2.95 bits per heavy atom. The summed E-state index contributed by atoms with van der Waals surface area (Å²) in [6, 6.07) is 6.38. The lowest BCUT2D eigenvalue weighted by atomic mass is 9.80. The molecule has 4 heteroatoms. The van der Waals surface area contributed by atoms with E-state index in [4.69, 9.17) is 16.3 Å². The van der Waals surface area contributed by atoms with Crippen LogP contribution in [-0.2, 0) is 4.74 Å². The van der Waals surface area contributed by atoms with Gasteiger partial charge in [0.25, 0.3) is 0 Å². The molecule has 1 aliphatic heterocycles. The van der Waals surface area contributed by atoms with Crippen molar-refractivity contribution in [2.24, 2.45) is 5.92 Å². The highest BCUT2D eigenvalue weighted by Crippen LogP contribution is 2.36. The second kappa shape index (κ2) is 8.42. The first kappa shape index (κ1) is 17.1. The summed E-state index contributed by atoms with van der Waals surface area (Å²) in [5, 5.41) is 0.843. The minimum absolute atomic E-state index is 0.661. The summed E-state index contributed by atoms with van der Waals surface area (Å²) in [5.41, 5.74) is 2.83. The largest absolute Gasteiger partial charge is 0.384 e. The standard InChI is InChI=1S/C17H26ClNOS/c1-13-10-15(18)4-5-16(13)17-6-7-19(2)11-14(17)12-21-9-8-20-3/h4-5,10,14,17H,6-9,11-12H2,1-3H3/t14-,17+/m1/s1. The number of likely N-dealkylation sites (tertiary alicyclic amines) is 1. The highest BCUT2D eigenvalue weighted by atomic mass is 35.5. The maximum atomic E-state index is 6.11. The van der Waals surface area contributed by atoms with Gasteiger partial charge in [-0.3, -0.25) is 0 Å². The lowest BCUT2D eigenvalue weighted by molar-refractivity contribution is 0.197. The Balaban J connectivity index is 2.06. The molecule has 0 bridgehead atoms. The molecule has 2 atom stereocenters. The highest BCUT2D eigenvalue weighted by molar-refractivity contribution is 7.99. The van der Waals surface area contributed by atoms with E-state index in [0.717, 1.165) is 17.4 Å². The van der Waals surface area contributed by atoms with E-state index in [9.17, 15) is 0 Å². The predicted octanol–water partition coefficient (Wildman–Crippen LogP) is 4.06. The average Bonchev–Trinajstić information content (AvgIpc) is 2.45. The normalized spacial score (nSPS) is 23.4. The van der Waals surface area contributed by atoms with Crippen LogP contribution in [0.15, 0.2) is 18.2 Å². The van der Waals surface area contributed by atoms with Crippen molar-refractivity contribution < 1.29 is 4.74 Å². The Morgan fingerprint density at radius 2 is 2.24 bits per heavy atom. The number of nitrogens with zero attached hydrogens (tertiary/aromatic N) is 1. The third-order valence-corrected chi connectivity index (χ3v) is 5.69. The molecule has 1 fully saturated rings. The van der Waals surface area contributed by atoms with E-state index in [0.29, 0.717) is 11.8 Å². The molecular formula is C17H26ClNOS. The van der Waals surface area contributed by atoms with Crippen LogP contribution in [0.5, 0.6) is 0 Å². The summed E-state index contributed by atoms with van der Waals surface area (Å²) in [5.74, 6) is 3.67. The van der Waals surface area contributed by atoms with Gasteiger partial charge in [-0.05, 0) is 67.8 Å². The number of rotatable bonds is 6. The summed E-state index contributed by atoms with van der Waals surface area (Å²) in [6.45, 7) is 5.41. The number of methoxy groups -OCH3 is 1. The van der Waals surface area contributed by atoms with Gasteiger partial charge in [-0.1, -0.05) is 17.7 Å². The minimum Gasteiger partial charge on any atom is -0.384 e. The molecule has 0 radical (unpaired) electrons. The Morgan fingerprint density at radius 1 is 1.43 bits per heavy atom. The second-order valence-corrected chi connectivity index (χ2v) is 7.57. The fraction of sp³-hybridized carbons (Fsp3) is 0.647. The van der Waals surface area contributed by atoms with Gasteiger partial charge in [0.2, 0.25) is 0 Å². The van der Waals surface area contributed by atoms with Crippen LogP contribution in [0.3, 0.4) is 0 Å². The zero-order valence-corrected chi connectivity index (χ0v) is 14.8. The van der Waals surface area contributed by atoms with Crippen molar-refractivity contribution in [3.63, 3.8) is 0 Å². The number of thioether (sulfide) groups is 1. The van der Waals surface area contributed by atoms with E-state index >= 15 is 0 Å². The lowest BCUT2D eigenvalue weighted by Gasteiger charge is -2.37. The van der Waals surface area contributed by atoms with Gasteiger partial charge in [-0.2, -0.15) is 11.8 Å². The number of benzene rings is 1. The Labute approximate surface area is 138 Å². The number of hydrogen-bond donors (Lipinski definition) is 0. The van der Waals surface area contributed by atoms with Crippen molar-refractivity contribution in [1.82, 2.24) is 4.90 Å². The van der Waals surface area contributed by atoms with Gasteiger partial charge in [0, 0.05) is 24.4 Å². The summed E-state index contributed by atoms with van der Waals surface area (Å²) in [6.07, 6.45) is 1.24. The van der Waals surface area contributed by atoms with Crippen LogP contribution < -0.4 is 0 Å². The number of halogens is 1. The Kier molecular flexibility index (Phi) is 6.87. The minimum atomic E-state index is 0.661. The van der Waals surface area contributed by atoms with Gasteiger partial charge in [0.05, 0.1) is 6.61 Å². The molecule has 1 aromatic carbocycles. The molecule has 1 aliphatic rings. The molecule has 2 rings (SSSR count). The van der Waals surface area contributed by atoms with E-state index in [1.54, 1.807) is 7.11 Å². The van der Waals surface area contributed by atoms with Crippen LogP contribution in [0.4, 0.5) is 0 Å². The Bertz CT molecular complexity index is 454. The first-order chi connectivity index (χ1) is 10.1. The van der Waals surface area contributed by atoms with Gasteiger partial charge >= 0.3 is 0 Å². The van der Waals surface area contributed by atoms with Crippen molar-refractivity contribution in [2.45, 2.75) is 19.3 Å². The zero-order chi connectivity index (χ0) is 15.2. The van der Waals surface area contributed by atoms with E-state index in [1.165, 1.54) is 36.4 Å². The molecule has 1 saturated heterocycles. The highest BCUT2D eigenvalue weighted by Gasteiger charge is 2.29. The molecular weight excluding hydrogens is 302 g/mol. The van der Waals surface area contributed by atoms with Gasteiger partial charge < -0.3 is 9.64 Å². The fourth-order valence-corrected chi connectivity index (χ4v) is 4.54.